The van der Waals surface area contributed by atoms with Gasteiger partial charge in [0, 0.05) is 11.3 Å². The van der Waals surface area contributed by atoms with Crippen LogP contribution >= 0.6 is 11.8 Å². The van der Waals surface area contributed by atoms with Crippen LogP contribution in [-0.4, -0.2) is 30.2 Å². The Morgan fingerprint density at radius 2 is 1.83 bits per heavy atom. The second kappa shape index (κ2) is 9.11. The van der Waals surface area contributed by atoms with E-state index in [-0.39, 0.29) is 4.90 Å². The van der Waals surface area contributed by atoms with Crippen LogP contribution in [0.2, 0.25) is 0 Å². The molecule has 0 fully saturated rings. The Morgan fingerprint density at radius 1 is 1.14 bits per heavy atom. The summed E-state index contributed by atoms with van der Waals surface area (Å²) in [5.74, 6) is 0.688. The monoisotopic (exact) mass is 426 g/mol. The third-order valence-electron chi connectivity index (χ3n) is 4.10. The number of sulfonamides is 1. The smallest absolute Gasteiger partial charge is 0.226 e. The molecule has 0 aliphatic heterocycles. The molecule has 1 heterocycles. The predicted octanol–water partition coefficient (Wildman–Crippen LogP) is 4.08. The van der Waals surface area contributed by atoms with Crippen LogP contribution in [0.5, 0.6) is 0 Å². The maximum Gasteiger partial charge on any atom is 0.276 e. The van der Waals surface area contributed by atoms with Gasteiger partial charge in [0.25, 0.3) is 10.0 Å². The zero-order valence-corrected chi connectivity index (χ0v) is 17.9. The van der Waals surface area contributed by atoms with Crippen LogP contribution < -0.4 is 4.83 Å². The first-order valence-corrected chi connectivity index (χ1v) is 11.4. The highest BCUT2D eigenvalue weighted by Crippen LogP contribution is 2.27. The number of hydrazone groups is 1. The molecule has 150 valence electrons. The second-order valence-electron chi connectivity index (χ2n) is 6.32. The average molecular weight is 427 g/mol. The van der Waals surface area contributed by atoms with Crippen LogP contribution in [0.25, 0.3) is 5.69 Å². The molecule has 0 aliphatic carbocycles. The lowest BCUT2D eigenvalue weighted by Gasteiger charge is -2.07. The molecule has 0 aliphatic rings. The fourth-order valence-electron chi connectivity index (χ4n) is 2.62. The Bertz CT molecular complexity index is 1120. The first-order chi connectivity index (χ1) is 13.9. The van der Waals surface area contributed by atoms with Gasteiger partial charge in [0.1, 0.15) is 5.03 Å². The molecule has 0 atom stereocenters. The zero-order chi connectivity index (χ0) is 20.9. The van der Waals surface area contributed by atoms with E-state index >= 15 is 0 Å². The van der Waals surface area contributed by atoms with E-state index in [1.54, 1.807) is 36.0 Å². The van der Waals surface area contributed by atoms with E-state index in [1.807, 2.05) is 54.9 Å². The highest BCUT2D eigenvalue weighted by atomic mass is 32.2. The summed E-state index contributed by atoms with van der Waals surface area (Å²) in [6.07, 6.45) is 3.31. The number of hydrogen-bond acceptors (Lipinski definition) is 5. The number of nitrogens with one attached hydrogen (secondary N) is 1. The topological polar surface area (TPSA) is 76.3 Å². The summed E-state index contributed by atoms with van der Waals surface area (Å²) < 4.78 is 26.7. The summed E-state index contributed by atoms with van der Waals surface area (Å²) in [5.41, 5.74) is 3.41. The van der Waals surface area contributed by atoms with Gasteiger partial charge in [-0.2, -0.15) is 18.6 Å². The van der Waals surface area contributed by atoms with Crippen LogP contribution in [0.3, 0.4) is 0 Å². The maximum absolute atomic E-state index is 12.4. The Labute approximate surface area is 175 Å². The van der Waals surface area contributed by atoms with Gasteiger partial charge in [-0.1, -0.05) is 42.0 Å². The number of aromatic nitrogens is 2. The lowest BCUT2D eigenvalue weighted by Crippen LogP contribution is -2.18. The van der Waals surface area contributed by atoms with Crippen molar-refractivity contribution in [3.63, 3.8) is 0 Å². The molecule has 0 saturated carbocycles. The molecule has 1 aromatic heterocycles. The van der Waals surface area contributed by atoms with Gasteiger partial charge in [0.2, 0.25) is 0 Å². The third-order valence-corrected chi connectivity index (χ3v) is 6.41. The highest BCUT2D eigenvalue weighted by molar-refractivity contribution is 7.99. The van der Waals surface area contributed by atoms with Gasteiger partial charge in [-0.15, -0.1) is 18.3 Å². The van der Waals surface area contributed by atoms with Crippen molar-refractivity contribution in [1.29, 1.82) is 0 Å². The molecule has 0 radical (unpaired) electrons. The minimum Gasteiger partial charge on any atom is -0.226 e. The molecule has 0 unspecified atom stereocenters. The summed E-state index contributed by atoms with van der Waals surface area (Å²) in [6.45, 7) is 7.54. The number of nitrogens with zero attached hydrogens (tertiary/aromatic N) is 3. The van der Waals surface area contributed by atoms with Crippen molar-refractivity contribution < 1.29 is 8.42 Å². The Hall–Kier alpha value is -2.84. The fraction of sp³-hybridized carbons (Fsp3) is 0.143. The zero-order valence-electron chi connectivity index (χ0n) is 16.2. The van der Waals surface area contributed by atoms with Crippen molar-refractivity contribution in [2.75, 3.05) is 5.75 Å². The van der Waals surface area contributed by atoms with E-state index in [0.717, 1.165) is 27.5 Å². The summed E-state index contributed by atoms with van der Waals surface area (Å²) >= 11 is 1.56. The lowest BCUT2D eigenvalue weighted by atomic mass is 10.2. The van der Waals surface area contributed by atoms with Gasteiger partial charge in [0.05, 0.1) is 22.5 Å². The molecule has 3 rings (SSSR count). The SMILES string of the molecule is C=CCSc1c(C=NNS(=O)(=O)c2ccc(C)cc2)c(C)nn1-c1ccccc1. The number of hydrogen-bond donors (Lipinski definition) is 1. The fourth-order valence-corrected chi connectivity index (χ4v) is 4.31. The number of rotatable bonds is 8. The van der Waals surface area contributed by atoms with Gasteiger partial charge >= 0.3 is 0 Å². The molecule has 3 aromatic rings. The number of aryl methyl sites for hydroxylation is 2. The van der Waals surface area contributed by atoms with Crippen LogP contribution in [0.4, 0.5) is 0 Å². The first-order valence-electron chi connectivity index (χ1n) is 8.92. The normalized spacial score (nSPS) is 11.7. The van der Waals surface area contributed by atoms with Crippen LogP contribution in [0.1, 0.15) is 16.8 Å². The lowest BCUT2D eigenvalue weighted by molar-refractivity contribution is 0.584. The molecule has 1 N–H and O–H groups in total. The van der Waals surface area contributed by atoms with Crippen molar-refractivity contribution in [3.05, 3.63) is 84.1 Å². The van der Waals surface area contributed by atoms with Crippen LogP contribution in [-0.2, 0) is 10.0 Å². The number of para-hydroxylation sites is 1. The van der Waals surface area contributed by atoms with E-state index in [0.29, 0.717) is 5.75 Å². The quantitative estimate of drug-likeness (QED) is 0.255. The van der Waals surface area contributed by atoms with Crippen molar-refractivity contribution in [3.8, 4) is 5.69 Å². The molecular weight excluding hydrogens is 404 g/mol. The summed E-state index contributed by atoms with van der Waals surface area (Å²) in [7, 11) is -3.73. The van der Waals surface area contributed by atoms with E-state index in [2.05, 4.69) is 21.6 Å². The molecule has 29 heavy (non-hydrogen) atoms. The van der Waals surface area contributed by atoms with Crippen LogP contribution in [0.15, 0.2) is 82.3 Å². The van der Waals surface area contributed by atoms with Crippen molar-refractivity contribution in [2.24, 2.45) is 5.10 Å². The molecule has 0 saturated heterocycles. The molecule has 6 nitrogen and oxygen atoms in total. The van der Waals surface area contributed by atoms with E-state index in [4.69, 9.17) is 0 Å². The Balaban J connectivity index is 1.90. The number of benzene rings is 2. The van der Waals surface area contributed by atoms with Crippen molar-refractivity contribution in [1.82, 2.24) is 14.6 Å². The predicted molar refractivity (Wildman–Crippen MR) is 118 cm³/mol. The van der Waals surface area contributed by atoms with E-state index in [9.17, 15) is 8.42 Å². The van der Waals surface area contributed by atoms with Gasteiger partial charge in [-0.25, -0.2) is 9.51 Å². The molecule has 0 amide bonds. The minimum absolute atomic E-state index is 0.165. The average Bonchev–Trinajstić information content (AvgIpc) is 3.03. The molecule has 8 heteroatoms. The summed E-state index contributed by atoms with van der Waals surface area (Å²) in [4.78, 5) is 2.44. The van der Waals surface area contributed by atoms with Gasteiger partial charge in [-0.05, 0) is 38.1 Å². The molecular formula is C21H22N4O2S2. The van der Waals surface area contributed by atoms with Crippen LogP contribution in [0, 0.1) is 13.8 Å². The first kappa shape index (κ1) is 20.9. The summed E-state index contributed by atoms with van der Waals surface area (Å²) in [5, 5.41) is 9.47. The maximum atomic E-state index is 12.4. The standard InChI is InChI=1S/C21H22N4O2S2/c1-4-14-28-21-20(17(3)23-25(21)18-8-6-5-7-9-18)15-22-24-29(26,27)19-12-10-16(2)11-13-19/h4-13,15,24H,1,14H2,2-3H3. The van der Waals surface area contributed by atoms with E-state index < -0.39 is 10.0 Å². The Kier molecular flexibility index (Phi) is 6.56. The summed E-state index contributed by atoms with van der Waals surface area (Å²) in [6, 6.07) is 16.4. The molecule has 0 spiro atoms. The van der Waals surface area contributed by atoms with Gasteiger partial charge in [-0.3, -0.25) is 0 Å². The van der Waals surface area contributed by atoms with Gasteiger partial charge in [0.15, 0.2) is 0 Å². The molecule has 0 bridgehead atoms. The van der Waals surface area contributed by atoms with Crippen molar-refractivity contribution in [2.45, 2.75) is 23.8 Å². The Morgan fingerprint density at radius 3 is 2.48 bits per heavy atom. The van der Waals surface area contributed by atoms with Crippen molar-refractivity contribution >= 4 is 28.0 Å². The molecule has 2 aromatic carbocycles. The highest BCUT2D eigenvalue weighted by Gasteiger charge is 2.16. The third kappa shape index (κ3) is 4.96. The minimum atomic E-state index is -3.73. The number of thioether (sulfide) groups is 1. The second-order valence-corrected chi connectivity index (χ2v) is 8.99. The van der Waals surface area contributed by atoms with Gasteiger partial charge < -0.3 is 0 Å². The largest absolute Gasteiger partial charge is 0.276 e. The van der Waals surface area contributed by atoms with E-state index in [1.165, 1.54) is 6.21 Å².